The van der Waals surface area contributed by atoms with Crippen LogP contribution in [-0.4, -0.2) is 27.7 Å². The highest BCUT2D eigenvalue weighted by molar-refractivity contribution is 7.09. The number of thiophene rings is 1. The third-order valence-electron chi connectivity index (χ3n) is 5.07. The van der Waals surface area contributed by atoms with Crippen LogP contribution in [0.5, 0.6) is 0 Å². The Kier molecular flexibility index (Phi) is 5.11. The number of rotatable bonds is 5. The fraction of sp³-hybridized carbons (Fsp3) is 0.526. The van der Waals surface area contributed by atoms with Crippen LogP contribution < -0.4 is 5.32 Å². The summed E-state index contributed by atoms with van der Waals surface area (Å²) in [5.41, 5.74) is 2.05. The van der Waals surface area contributed by atoms with Crippen molar-refractivity contribution >= 4 is 17.2 Å². The van der Waals surface area contributed by atoms with Gasteiger partial charge in [0.05, 0.1) is 17.7 Å². The number of aryl methyl sites for hydroxylation is 1. The maximum atomic E-state index is 12.6. The minimum absolute atomic E-state index is 0.0838. The van der Waals surface area contributed by atoms with Gasteiger partial charge in [-0.2, -0.15) is 0 Å². The summed E-state index contributed by atoms with van der Waals surface area (Å²) in [4.78, 5) is 13.9. The lowest BCUT2D eigenvalue weighted by Crippen LogP contribution is -2.44. The molecule has 0 aromatic carbocycles. The van der Waals surface area contributed by atoms with Crippen LogP contribution in [0, 0.1) is 13.8 Å². The van der Waals surface area contributed by atoms with Crippen molar-refractivity contribution in [3.8, 4) is 0 Å². The minimum atomic E-state index is -0.726. The molecule has 0 spiro atoms. The van der Waals surface area contributed by atoms with Crippen LogP contribution in [0.2, 0.25) is 0 Å². The van der Waals surface area contributed by atoms with Gasteiger partial charge in [0.15, 0.2) is 0 Å². The molecule has 2 heterocycles. The lowest BCUT2D eigenvalue weighted by molar-refractivity contribution is 0.00525. The Hall–Kier alpha value is -1.59. The van der Waals surface area contributed by atoms with E-state index in [2.05, 4.69) is 21.3 Å². The number of amides is 1. The summed E-state index contributed by atoms with van der Waals surface area (Å²) in [6.07, 6.45) is 4.83. The number of nitrogens with zero attached hydrogens (tertiary/aromatic N) is 1. The van der Waals surface area contributed by atoms with Gasteiger partial charge in [0, 0.05) is 22.8 Å². The lowest BCUT2D eigenvalue weighted by atomic mass is 9.85. The number of aromatic nitrogens is 1. The lowest BCUT2D eigenvalue weighted by Gasteiger charge is -2.32. The molecule has 2 aromatic rings. The number of carbonyl (C=O) groups is 1. The van der Waals surface area contributed by atoms with Crippen molar-refractivity contribution in [2.45, 2.75) is 58.1 Å². The van der Waals surface area contributed by atoms with Gasteiger partial charge in [0.25, 0.3) is 5.91 Å². The molecule has 0 atom stereocenters. The Morgan fingerprint density at radius 1 is 1.33 bits per heavy atom. The summed E-state index contributed by atoms with van der Waals surface area (Å²) in [7, 11) is 0. The highest BCUT2D eigenvalue weighted by atomic mass is 32.1. The molecule has 1 aliphatic rings. The maximum Gasteiger partial charge on any atom is 0.253 e. The Balaban J connectivity index is 1.68. The van der Waals surface area contributed by atoms with E-state index in [4.69, 9.17) is 0 Å². The minimum Gasteiger partial charge on any atom is -0.388 e. The standard InChI is InChI=1S/C19H26N2O2S/c1-14-11-17(15(2)21(14)12-16-7-6-10-24-16)18(22)20-13-19(23)8-4-3-5-9-19/h6-7,10-11,23H,3-5,8-9,12-13H2,1-2H3,(H,20,22). The van der Waals surface area contributed by atoms with E-state index in [0.717, 1.165) is 43.6 Å². The molecule has 0 aliphatic heterocycles. The fourth-order valence-electron chi connectivity index (χ4n) is 3.56. The quantitative estimate of drug-likeness (QED) is 0.868. The predicted octanol–water partition coefficient (Wildman–Crippen LogP) is 3.64. The van der Waals surface area contributed by atoms with Gasteiger partial charge in [-0.05, 0) is 44.2 Å². The second kappa shape index (κ2) is 7.11. The Bertz CT molecular complexity index is 697. The molecule has 2 N–H and O–H groups in total. The van der Waals surface area contributed by atoms with E-state index in [0.29, 0.717) is 12.1 Å². The zero-order chi connectivity index (χ0) is 17.2. The van der Waals surface area contributed by atoms with Crippen LogP contribution in [0.25, 0.3) is 0 Å². The molecule has 1 aliphatic carbocycles. The van der Waals surface area contributed by atoms with Gasteiger partial charge >= 0.3 is 0 Å². The third-order valence-corrected chi connectivity index (χ3v) is 5.94. The van der Waals surface area contributed by atoms with E-state index >= 15 is 0 Å². The first-order chi connectivity index (χ1) is 11.5. The molecule has 1 fully saturated rings. The van der Waals surface area contributed by atoms with Crippen LogP contribution >= 0.6 is 11.3 Å². The van der Waals surface area contributed by atoms with E-state index in [1.165, 1.54) is 11.3 Å². The van der Waals surface area contributed by atoms with Crippen LogP contribution in [0.1, 0.15) is 58.7 Å². The Morgan fingerprint density at radius 3 is 2.75 bits per heavy atom. The summed E-state index contributed by atoms with van der Waals surface area (Å²) in [6.45, 7) is 5.17. The first-order valence-electron chi connectivity index (χ1n) is 8.68. The second-order valence-corrected chi connectivity index (χ2v) is 7.95. The van der Waals surface area contributed by atoms with Crippen molar-refractivity contribution in [2.75, 3.05) is 6.54 Å². The molecule has 24 heavy (non-hydrogen) atoms. The number of hydrogen-bond donors (Lipinski definition) is 2. The highest BCUT2D eigenvalue weighted by Gasteiger charge is 2.30. The van der Waals surface area contributed by atoms with E-state index in [9.17, 15) is 9.90 Å². The Labute approximate surface area is 147 Å². The van der Waals surface area contributed by atoms with E-state index < -0.39 is 5.60 Å². The molecular weight excluding hydrogens is 320 g/mol. The topological polar surface area (TPSA) is 54.3 Å². The van der Waals surface area contributed by atoms with Crippen LogP contribution in [0.3, 0.4) is 0 Å². The number of nitrogens with one attached hydrogen (secondary N) is 1. The molecular formula is C19H26N2O2S. The number of carbonyl (C=O) groups excluding carboxylic acids is 1. The summed E-state index contributed by atoms with van der Waals surface area (Å²) >= 11 is 1.73. The summed E-state index contributed by atoms with van der Waals surface area (Å²) in [5, 5.41) is 15.6. The number of aliphatic hydroxyl groups is 1. The molecule has 5 heteroatoms. The average Bonchev–Trinajstić information content (AvgIpc) is 3.17. The first-order valence-corrected chi connectivity index (χ1v) is 9.56. The van der Waals surface area contributed by atoms with Gasteiger partial charge in [-0.1, -0.05) is 25.3 Å². The van der Waals surface area contributed by atoms with Crippen LogP contribution in [-0.2, 0) is 6.54 Å². The average molecular weight is 346 g/mol. The molecule has 3 rings (SSSR count). The molecule has 0 unspecified atom stereocenters. The van der Waals surface area contributed by atoms with Crippen molar-refractivity contribution in [1.29, 1.82) is 0 Å². The molecule has 2 aromatic heterocycles. The SMILES string of the molecule is Cc1cc(C(=O)NCC2(O)CCCCC2)c(C)n1Cc1cccs1. The first kappa shape index (κ1) is 17.2. The molecule has 1 saturated carbocycles. The molecule has 0 radical (unpaired) electrons. The van der Waals surface area contributed by atoms with E-state index in [1.807, 2.05) is 26.0 Å². The highest BCUT2D eigenvalue weighted by Crippen LogP contribution is 2.27. The normalized spacial score (nSPS) is 17.0. The third kappa shape index (κ3) is 3.73. The van der Waals surface area contributed by atoms with Gasteiger partial charge < -0.3 is 15.0 Å². The van der Waals surface area contributed by atoms with Crippen LogP contribution in [0.4, 0.5) is 0 Å². The molecule has 130 valence electrons. The number of hydrogen-bond acceptors (Lipinski definition) is 3. The largest absolute Gasteiger partial charge is 0.388 e. The summed E-state index contributed by atoms with van der Waals surface area (Å²) in [5.74, 6) is -0.0838. The van der Waals surface area contributed by atoms with Crippen molar-refractivity contribution in [1.82, 2.24) is 9.88 Å². The van der Waals surface area contributed by atoms with Gasteiger partial charge in [0.1, 0.15) is 0 Å². The van der Waals surface area contributed by atoms with Gasteiger partial charge in [0.2, 0.25) is 0 Å². The Morgan fingerprint density at radius 2 is 2.08 bits per heavy atom. The van der Waals surface area contributed by atoms with E-state index in [-0.39, 0.29) is 5.91 Å². The van der Waals surface area contributed by atoms with Crippen LogP contribution in [0.15, 0.2) is 23.6 Å². The van der Waals surface area contributed by atoms with Gasteiger partial charge in [-0.25, -0.2) is 0 Å². The molecule has 0 bridgehead atoms. The summed E-state index contributed by atoms with van der Waals surface area (Å²) < 4.78 is 2.18. The zero-order valence-corrected chi connectivity index (χ0v) is 15.3. The van der Waals surface area contributed by atoms with E-state index in [1.54, 1.807) is 11.3 Å². The zero-order valence-electron chi connectivity index (χ0n) is 14.5. The molecule has 0 saturated heterocycles. The molecule has 1 amide bonds. The maximum absolute atomic E-state index is 12.6. The van der Waals surface area contributed by atoms with Gasteiger partial charge in [-0.3, -0.25) is 4.79 Å². The molecule has 4 nitrogen and oxygen atoms in total. The fourth-order valence-corrected chi connectivity index (χ4v) is 4.25. The second-order valence-electron chi connectivity index (χ2n) is 6.92. The smallest absolute Gasteiger partial charge is 0.253 e. The summed E-state index contributed by atoms with van der Waals surface area (Å²) in [6, 6.07) is 6.11. The van der Waals surface area contributed by atoms with Crippen molar-refractivity contribution < 1.29 is 9.90 Å². The monoisotopic (exact) mass is 346 g/mol. The van der Waals surface area contributed by atoms with Crippen molar-refractivity contribution in [3.63, 3.8) is 0 Å². The van der Waals surface area contributed by atoms with Crippen molar-refractivity contribution in [2.24, 2.45) is 0 Å². The van der Waals surface area contributed by atoms with Crippen molar-refractivity contribution in [3.05, 3.63) is 45.4 Å². The predicted molar refractivity (Wildman–Crippen MR) is 97.7 cm³/mol. The van der Waals surface area contributed by atoms with Gasteiger partial charge in [-0.15, -0.1) is 11.3 Å².